The highest BCUT2D eigenvalue weighted by atomic mass is 16.4. The highest BCUT2D eigenvalue weighted by molar-refractivity contribution is 5.91. The predicted molar refractivity (Wildman–Crippen MR) is 68.5 cm³/mol. The van der Waals surface area contributed by atoms with Gasteiger partial charge in [0.15, 0.2) is 6.04 Å². The van der Waals surface area contributed by atoms with Crippen LogP contribution >= 0.6 is 0 Å². The summed E-state index contributed by atoms with van der Waals surface area (Å²) in [7, 11) is 0. The molecule has 116 valence electrons. The summed E-state index contributed by atoms with van der Waals surface area (Å²) in [5, 5.41) is 31.5. The summed E-state index contributed by atoms with van der Waals surface area (Å²) in [5.74, 6) is -2.93. The van der Waals surface area contributed by atoms with Crippen LogP contribution in [0.15, 0.2) is 0 Å². The number of aliphatic hydroxyl groups is 2. The molecular weight excluding hydrogens is 270 g/mol. The number of carboxylic acids is 1. The molecule has 0 heterocycles. The summed E-state index contributed by atoms with van der Waals surface area (Å²) in [5.41, 5.74) is 5.38. The molecule has 7 N–H and O–H groups in total. The lowest BCUT2D eigenvalue weighted by Crippen LogP contribution is -2.56. The van der Waals surface area contributed by atoms with Crippen molar-refractivity contribution in [2.24, 2.45) is 5.73 Å². The first-order valence-corrected chi connectivity index (χ1v) is 6.03. The Morgan fingerprint density at radius 3 is 1.80 bits per heavy atom. The van der Waals surface area contributed by atoms with Gasteiger partial charge in [-0.2, -0.15) is 0 Å². The molecule has 0 saturated heterocycles. The number of amides is 2. The maximum Gasteiger partial charge on any atom is 0.328 e. The van der Waals surface area contributed by atoms with Gasteiger partial charge in [-0.3, -0.25) is 9.59 Å². The van der Waals surface area contributed by atoms with Crippen LogP contribution in [-0.4, -0.2) is 63.4 Å². The Bertz CT molecular complexity index is 371. The lowest BCUT2D eigenvalue weighted by Gasteiger charge is -2.22. The Labute approximate surface area is 116 Å². The molecule has 0 aliphatic rings. The molecule has 0 saturated carbocycles. The number of nitrogens with two attached hydrogens (primary N) is 1. The summed E-state index contributed by atoms with van der Waals surface area (Å²) >= 11 is 0. The van der Waals surface area contributed by atoms with E-state index in [0.29, 0.717) is 0 Å². The molecule has 0 fully saturated rings. The Kier molecular flexibility index (Phi) is 7.11. The Balaban J connectivity index is 4.56. The molecule has 9 heteroatoms. The third-order valence-corrected chi connectivity index (χ3v) is 2.62. The van der Waals surface area contributed by atoms with Gasteiger partial charge in [-0.05, 0) is 20.8 Å². The van der Waals surface area contributed by atoms with Gasteiger partial charge in [0.05, 0.1) is 12.2 Å². The zero-order valence-electron chi connectivity index (χ0n) is 11.5. The third kappa shape index (κ3) is 5.51. The summed E-state index contributed by atoms with van der Waals surface area (Å²) < 4.78 is 0. The van der Waals surface area contributed by atoms with Crippen molar-refractivity contribution in [3.63, 3.8) is 0 Å². The molecule has 0 bridgehead atoms. The Hall–Kier alpha value is -1.71. The Morgan fingerprint density at radius 2 is 1.45 bits per heavy atom. The zero-order chi connectivity index (χ0) is 16.0. The minimum Gasteiger partial charge on any atom is -0.480 e. The molecule has 0 aromatic rings. The molecule has 9 nitrogen and oxygen atoms in total. The lowest BCUT2D eigenvalue weighted by atomic mass is 10.1. The first-order valence-electron chi connectivity index (χ1n) is 6.03. The van der Waals surface area contributed by atoms with E-state index < -0.39 is 48.1 Å². The monoisotopic (exact) mass is 291 g/mol. The molecule has 20 heavy (non-hydrogen) atoms. The molecule has 0 aromatic carbocycles. The smallest absolute Gasteiger partial charge is 0.328 e. The van der Waals surface area contributed by atoms with Crippen LogP contribution in [-0.2, 0) is 14.4 Å². The average Bonchev–Trinajstić information content (AvgIpc) is 2.33. The largest absolute Gasteiger partial charge is 0.480 e. The van der Waals surface area contributed by atoms with Gasteiger partial charge in [0, 0.05) is 0 Å². The van der Waals surface area contributed by atoms with E-state index in [1.807, 2.05) is 0 Å². The average molecular weight is 291 g/mol. The molecule has 0 spiro atoms. The molecule has 0 aliphatic carbocycles. The van der Waals surface area contributed by atoms with Crippen molar-refractivity contribution in [1.82, 2.24) is 10.6 Å². The second-order valence-electron chi connectivity index (χ2n) is 4.56. The van der Waals surface area contributed by atoms with E-state index in [-0.39, 0.29) is 0 Å². The number of aliphatic carboxylic acids is 1. The van der Waals surface area contributed by atoms with Gasteiger partial charge in [-0.15, -0.1) is 0 Å². The van der Waals surface area contributed by atoms with Crippen molar-refractivity contribution in [3.8, 4) is 0 Å². The van der Waals surface area contributed by atoms with Gasteiger partial charge in [-0.1, -0.05) is 0 Å². The predicted octanol–water partition coefficient (Wildman–Crippen LogP) is -2.85. The standard InChI is InChI=1S/C11H21N3O6/c1-4(13-10(18)7(12)5(2)15)9(17)14-8(6(3)16)11(19)20/h4-8,15-16H,12H2,1-3H3,(H,13,18)(H,14,17)(H,19,20). The van der Waals surface area contributed by atoms with E-state index in [9.17, 15) is 19.5 Å². The number of hydrogen-bond acceptors (Lipinski definition) is 6. The fourth-order valence-electron chi connectivity index (χ4n) is 1.26. The molecule has 0 radical (unpaired) electrons. The van der Waals surface area contributed by atoms with Gasteiger partial charge in [-0.25, -0.2) is 4.79 Å². The molecule has 0 aromatic heterocycles. The van der Waals surface area contributed by atoms with Gasteiger partial charge >= 0.3 is 5.97 Å². The van der Waals surface area contributed by atoms with Crippen LogP contribution in [0.1, 0.15) is 20.8 Å². The Morgan fingerprint density at radius 1 is 0.950 bits per heavy atom. The van der Waals surface area contributed by atoms with Crippen LogP contribution in [0, 0.1) is 0 Å². The summed E-state index contributed by atoms with van der Waals surface area (Å²) in [6, 6.07) is -3.74. The third-order valence-electron chi connectivity index (χ3n) is 2.62. The fourth-order valence-corrected chi connectivity index (χ4v) is 1.26. The van der Waals surface area contributed by atoms with Crippen LogP contribution in [0.3, 0.4) is 0 Å². The van der Waals surface area contributed by atoms with Crippen molar-refractivity contribution in [2.75, 3.05) is 0 Å². The SMILES string of the molecule is CC(NC(=O)C(N)C(C)O)C(=O)NC(C(=O)O)C(C)O. The maximum absolute atomic E-state index is 11.7. The minimum absolute atomic E-state index is 0.744. The fraction of sp³-hybridized carbons (Fsp3) is 0.727. The van der Waals surface area contributed by atoms with E-state index in [1.54, 1.807) is 0 Å². The lowest BCUT2D eigenvalue weighted by molar-refractivity contribution is -0.145. The van der Waals surface area contributed by atoms with Gasteiger partial charge in [0.2, 0.25) is 11.8 Å². The summed E-state index contributed by atoms with van der Waals surface area (Å²) in [4.78, 5) is 34.0. The van der Waals surface area contributed by atoms with E-state index in [4.69, 9.17) is 15.9 Å². The second-order valence-corrected chi connectivity index (χ2v) is 4.56. The molecular formula is C11H21N3O6. The number of carboxylic acid groups (broad SMARTS) is 1. The molecule has 5 unspecified atom stereocenters. The highest BCUT2D eigenvalue weighted by Crippen LogP contribution is 1.96. The highest BCUT2D eigenvalue weighted by Gasteiger charge is 2.28. The quantitative estimate of drug-likeness (QED) is 0.294. The number of rotatable bonds is 7. The minimum atomic E-state index is -1.48. The van der Waals surface area contributed by atoms with Gasteiger partial charge < -0.3 is 31.7 Å². The van der Waals surface area contributed by atoms with E-state index >= 15 is 0 Å². The number of carbonyl (C=O) groups is 3. The normalized spacial score (nSPS) is 18.3. The second kappa shape index (κ2) is 7.78. The van der Waals surface area contributed by atoms with Crippen molar-refractivity contribution in [1.29, 1.82) is 0 Å². The molecule has 0 aliphatic heterocycles. The van der Waals surface area contributed by atoms with Gasteiger partial charge in [0.1, 0.15) is 12.1 Å². The molecule has 0 rings (SSSR count). The topological polar surface area (TPSA) is 162 Å². The van der Waals surface area contributed by atoms with Crippen LogP contribution in [0.4, 0.5) is 0 Å². The number of hydrogen-bond donors (Lipinski definition) is 6. The maximum atomic E-state index is 11.7. The zero-order valence-corrected chi connectivity index (χ0v) is 11.5. The summed E-state index contributed by atoms with van der Waals surface area (Å²) in [6.45, 7) is 3.86. The first-order chi connectivity index (χ1) is 9.07. The number of aliphatic hydroxyl groups excluding tert-OH is 2. The number of carbonyl (C=O) groups excluding carboxylic acids is 2. The molecule has 2 amide bonds. The van der Waals surface area contributed by atoms with Crippen LogP contribution < -0.4 is 16.4 Å². The number of nitrogens with one attached hydrogen (secondary N) is 2. The van der Waals surface area contributed by atoms with Crippen molar-refractivity contribution in [2.45, 2.75) is 51.1 Å². The van der Waals surface area contributed by atoms with Crippen LogP contribution in [0.5, 0.6) is 0 Å². The van der Waals surface area contributed by atoms with Crippen molar-refractivity contribution < 1.29 is 29.7 Å². The van der Waals surface area contributed by atoms with E-state index in [2.05, 4.69) is 10.6 Å². The van der Waals surface area contributed by atoms with E-state index in [1.165, 1.54) is 20.8 Å². The van der Waals surface area contributed by atoms with Gasteiger partial charge in [0.25, 0.3) is 0 Å². The van der Waals surface area contributed by atoms with Crippen LogP contribution in [0.25, 0.3) is 0 Å². The van der Waals surface area contributed by atoms with Crippen molar-refractivity contribution in [3.05, 3.63) is 0 Å². The summed E-state index contributed by atoms with van der Waals surface area (Å²) in [6.07, 6.45) is -2.38. The van der Waals surface area contributed by atoms with Crippen LogP contribution in [0.2, 0.25) is 0 Å². The van der Waals surface area contributed by atoms with E-state index in [0.717, 1.165) is 0 Å². The van der Waals surface area contributed by atoms with Crippen molar-refractivity contribution >= 4 is 17.8 Å². The first kappa shape index (κ1) is 18.3. The molecule has 5 atom stereocenters.